The summed E-state index contributed by atoms with van der Waals surface area (Å²) in [7, 11) is 0. The fourth-order valence-corrected chi connectivity index (χ4v) is 2.44. The van der Waals surface area contributed by atoms with Crippen LogP contribution in [0.1, 0.15) is 19.8 Å². The van der Waals surface area contributed by atoms with Gasteiger partial charge in [-0.05, 0) is 37.8 Å². The predicted molar refractivity (Wildman–Crippen MR) is 78.9 cm³/mol. The van der Waals surface area contributed by atoms with Gasteiger partial charge < -0.3 is 19.9 Å². The van der Waals surface area contributed by atoms with Gasteiger partial charge in [0.25, 0.3) is 0 Å². The molecule has 2 N–H and O–H groups in total. The number of aliphatic hydroxyl groups excluding tert-OH is 1. The van der Waals surface area contributed by atoms with Crippen LogP contribution in [-0.2, 0) is 4.74 Å². The number of ether oxygens (including phenoxy) is 2. The van der Waals surface area contributed by atoms with Crippen LogP contribution in [0.5, 0.6) is 5.75 Å². The molecule has 0 bridgehead atoms. The van der Waals surface area contributed by atoms with E-state index < -0.39 is 17.7 Å². The molecule has 124 valence electrons. The number of hydrogen-bond acceptors (Lipinski definition) is 4. The van der Waals surface area contributed by atoms with Crippen molar-refractivity contribution in [3.8, 4) is 5.75 Å². The maximum absolute atomic E-state index is 13.0. The van der Waals surface area contributed by atoms with Crippen LogP contribution in [0.3, 0.4) is 0 Å². The first-order valence-corrected chi connectivity index (χ1v) is 7.63. The Morgan fingerprint density at radius 3 is 2.73 bits per heavy atom. The molecular formula is C16H23F2NO3. The average molecular weight is 315 g/mol. The molecule has 1 fully saturated rings. The van der Waals surface area contributed by atoms with Crippen molar-refractivity contribution in [1.29, 1.82) is 0 Å². The van der Waals surface area contributed by atoms with Gasteiger partial charge in [-0.3, -0.25) is 0 Å². The molecule has 0 unspecified atom stereocenters. The second-order valence-electron chi connectivity index (χ2n) is 5.71. The first kappa shape index (κ1) is 17.1. The smallest absolute Gasteiger partial charge is 0.162 e. The van der Waals surface area contributed by atoms with E-state index in [2.05, 4.69) is 5.32 Å². The van der Waals surface area contributed by atoms with Crippen molar-refractivity contribution >= 4 is 0 Å². The normalized spacial score (nSPS) is 18.9. The van der Waals surface area contributed by atoms with E-state index in [1.165, 1.54) is 6.07 Å². The minimum absolute atomic E-state index is 0.0115. The zero-order valence-corrected chi connectivity index (χ0v) is 12.7. The Labute approximate surface area is 129 Å². The number of hydrogen-bond donors (Lipinski definition) is 2. The zero-order valence-electron chi connectivity index (χ0n) is 12.7. The topological polar surface area (TPSA) is 50.7 Å². The summed E-state index contributed by atoms with van der Waals surface area (Å²) < 4.78 is 36.5. The maximum atomic E-state index is 13.0. The molecule has 1 saturated heterocycles. The molecule has 6 heteroatoms. The minimum atomic E-state index is -0.923. The number of rotatable bonds is 7. The van der Waals surface area contributed by atoms with Crippen LogP contribution >= 0.6 is 0 Å². The lowest BCUT2D eigenvalue weighted by molar-refractivity contribution is 0.00733. The van der Waals surface area contributed by atoms with Crippen LogP contribution < -0.4 is 10.1 Å². The molecule has 22 heavy (non-hydrogen) atoms. The Kier molecular flexibility index (Phi) is 6.54. The molecule has 0 saturated carbocycles. The van der Waals surface area contributed by atoms with E-state index in [0.29, 0.717) is 26.4 Å². The largest absolute Gasteiger partial charge is 0.492 e. The van der Waals surface area contributed by atoms with Gasteiger partial charge >= 0.3 is 0 Å². The van der Waals surface area contributed by atoms with Gasteiger partial charge in [-0.25, -0.2) is 8.78 Å². The number of benzene rings is 1. The summed E-state index contributed by atoms with van der Waals surface area (Å²) >= 11 is 0. The van der Waals surface area contributed by atoms with Crippen molar-refractivity contribution in [3.05, 3.63) is 29.8 Å². The van der Waals surface area contributed by atoms with E-state index in [1.807, 2.05) is 6.92 Å². The van der Waals surface area contributed by atoms with Crippen LogP contribution in [-0.4, -0.2) is 43.6 Å². The lowest BCUT2D eigenvalue weighted by atomic mass is 9.94. The molecule has 1 aliphatic rings. The Morgan fingerprint density at radius 2 is 2.05 bits per heavy atom. The fraction of sp³-hybridized carbons (Fsp3) is 0.625. The van der Waals surface area contributed by atoms with Crippen molar-refractivity contribution in [2.24, 2.45) is 5.92 Å². The van der Waals surface area contributed by atoms with Crippen molar-refractivity contribution < 1.29 is 23.4 Å². The summed E-state index contributed by atoms with van der Waals surface area (Å²) in [5.41, 5.74) is 0. The van der Waals surface area contributed by atoms with Gasteiger partial charge in [-0.1, -0.05) is 0 Å². The van der Waals surface area contributed by atoms with Crippen molar-refractivity contribution in [2.75, 3.05) is 26.4 Å². The van der Waals surface area contributed by atoms with E-state index >= 15 is 0 Å². The fourth-order valence-electron chi connectivity index (χ4n) is 2.44. The van der Waals surface area contributed by atoms with Gasteiger partial charge in [0.05, 0.1) is 6.10 Å². The molecule has 1 aromatic rings. The third-order valence-corrected chi connectivity index (χ3v) is 3.88. The monoisotopic (exact) mass is 315 g/mol. The Bertz CT molecular complexity index is 467. The summed E-state index contributed by atoms with van der Waals surface area (Å²) in [6, 6.07) is 3.45. The second-order valence-corrected chi connectivity index (χ2v) is 5.71. The van der Waals surface area contributed by atoms with Crippen molar-refractivity contribution in [3.63, 3.8) is 0 Å². The molecule has 1 aliphatic heterocycles. The van der Waals surface area contributed by atoms with E-state index in [9.17, 15) is 13.9 Å². The summed E-state index contributed by atoms with van der Waals surface area (Å²) in [5, 5.41) is 13.3. The standard InChI is InChI=1S/C16H23F2NO3/c1-11(10-22-13-2-3-14(17)15(18)8-13)19-9-16(20)12-4-6-21-7-5-12/h2-3,8,11-12,16,19-20H,4-7,9-10H2,1H3/t11-,16+/m1/s1. The van der Waals surface area contributed by atoms with E-state index in [-0.39, 0.29) is 17.7 Å². The van der Waals surface area contributed by atoms with Crippen LogP contribution in [0.2, 0.25) is 0 Å². The molecule has 0 amide bonds. The lowest BCUT2D eigenvalue weighted by Gasteiger charge is -2.27. The molecule has 0 aliphatic carbocycles. The van der Waals surface area contributed by atoms with Crippen molar-refractivity contribution in [2.45, 2.75) is 31.9 Å². The predicted octanol–water partition coefficient (Wildman–Crippen LogP) is 2.11. The van der Waals surface area contributed by atoms with Gasteiger partial charge in [0.2, 0.25) is 0 Å². The van der Waals surface area contributed by atoms with E-state index in [4.69, 9.17) is 9.47 Å². The third-order valence-electron chi connectivity index (χ3n) is 3.88. The Balaban J connectivity index is 1.68. The van der Waals surface area contributed by atoms with Crippen molar-refractivity contribution in [1.82, 2.24) is 5.32 Å². The minimum Gasteiger partial charge on any atom is -0.492 e. The molecule has 0 spiro atoms. The Hall–Kier alpha value is -1.24. The quantitative estimate of drug-likeness (QED) is 0.809. The third kappa shape index (κ3) is 5.19. The molecule has 1 aromatic carbocycles. The second kappa shape index (κ2) is 8.41. The Morgan fingerprint density at radius 1 is 1.32 bits per heavy atom. The summed E-state index contributed by atoms with van der Waals surface area (Å²) in [5.74, 6) is -1.26. The maximum Gasteiger partial charge on any atom is 0.162 e. The SMILES string of the molecule is C[C@H](COc1ccc(F)c(F)c1)NC[C@H](O)C1CCOCC1. The number of aliphatic hydroxyl groups is 1. The molecular weight excluding hydrogens is 292 g/mol. The number of halogens is 2. The number of nitrogens with one attached hydrogen (secondary N) is 1. The van der Waals surface area contributed by atoms with Crippen LogP contribution in [0.25, 0.3) is 0 Å². The highest BCUT2D eigenvalue weighted by Crippen LogP contribution is 2.18. The van der Waals surface area contributed by atoms with Gasteiger partial charge in [0.1, 0.15) is 12.4 Å². The molecule has 0 radical (unpaired) electrons. The molecule has 1 heterocycles. The van der Waals surface area contributed by atoms with Gasteiger partial charge in [-0.15, -0.1) is 0 Å². The zero-order chi connectivity index (χ0) is 15.9. The van der Waals surface area contributed by atoms with Crippen LogP contribution in [0.4, 0.5) is 8.78 Å². The summed E-state index contributed by atoms with van der Waals surface area (Å²) in [6.45, 7) is 4.11. The molecule has 2 atom stereocenters. The average Bonchev–Trinajstić information content (AvgIpc) is 2.54. The highest BCUT2D eigenvalue weighted by atomic mass is 19.2. The highest BCUT2D eigenvalue weighted by Gasteiger charge is 2.22. The summed E-state index contributed by atoms with van der Waals surface area (Å²) in [4.78, 5) is 0. The van der Waals surface area contributed by atoms with Crippen LogP contribution in [0.15, 0.2) is 18.2 Å². The molecule has 0 aromatic heterocycles. The van der Waals surface area contributed by atoms with E-state index in [1.54, 1.807) is 0 Å². The first-order chi connectivity index (χ1) is 10.6. The van der Waals surface area contributed by atoms with Crippen LogP contribution in [0, 0.1) is 17.6 Å². The lowest BCUT2D eigenvalue weighted by Crippen LogP contribution is -2.41. The summed E-state index contributed by atoms with van der Waals surface area (Å²) in [6.07, 6.45) is 1.35. The van der Waals surface area contributed by atoms with Gasteiger partial charge in [0, 0.05) is 31.9 Å². The van der Waals surface area contributed by atoms with E-state index in [0.717, 1.165) is 25.0 Å². The van der Waals surface area contributed by atoms with Gasteiger partial charge in [-0.2, -0.15) is 0 Å². The molecule has 4 nitrogen and oxygen atoms in total. The highest BCUT2D eigenvalue weighted by molar-refractivity contribution is 5.23. The van der Waals surface area contributed by atoms with Gasteiger partial charge in [0.15, 0.2) is 11.6 Å². The first-order valence-electron chi connectivity index (χ1n) is 7.63. The molecule has 2 rings (SSSR count).